The number of hydrazone groups is 1. The predicted octanol–water partition coefficient (Wildman–Crippen LogP) is 0.170. The van der Waals surface area contributed by atoms with E-state index in [1.54, 1.807) is 25.5 Å². The number of nitrogens with zero attached hydrogens (tertiary/aromatic N) is 5. The molecular formula is C15H20N6O2. The Bertz CT molecular complexity index is 618. The number of rotatable bonds is 3. The first-order valence-corrected chi connectivity index (χ1v) is 7.80. The second-order valence-corrected chi connectivity index (χ2v) is 5.77. The molecule has 2 aliphatic heterocycles. The minimum atomic E-state index is -0.190. The molecule has 0 saturated carbocycles. The third-order valence-electron chi connectivity index (χ3n) is 4.06. The van der Waals surface area contributed by atoms with Gasteiger partial charge in [-0.3, -0.25) is 9.59 Å². The van der Waals surface area contributed by atoms with Gasteiger partial charge in [0.05, 0.1) is 0 Å². The van der Waals surface area contributed by atoms with E-state index in [-0.39, 0.29) is 17.9 Å². The molecule has 3 heterocycles. The highest BCUT2D eigenvalue weighted by molar-refractivity contribution is 6.39. The Morgan fingerprint density at radius 3 is 2.83 bits per heavy atom. The molecule has 1 aromatic heterocycles. The van der Waals surface area contributed by atoms with Gasteiger partial charge in [0.15, 0.2) is 0 Å². The fourth-order valence-electron chi connectivity index (χ4n) is 2.83. The number of anilines is 1. The van der Waals surface area contributed by atoms with Crippen LogP contribution in [0.1, 0.15) is 25.7 Å². The van der Waals surface area contributed by atoms with Gasteiger partial charge in [-0.25, -0.2) is 15.0 Å². The van der Waals surface area contributed by atoms with Crippen LogP contribution < -0.4 is 10.2 Å². The Kier molecular flexibility index (Phi) is 4.50. The molecule has 0 unspecified atom stereocenters. The summed E-state index contributed by atoms with van der Waals surface area (Å²) in [5.41, 5.74) is 0.417. The molecule has 0 aromatic carbocycles. The normalized spacial score (nSPS) is 21.9. The molecule has 23 heavy (non-hydrogen) atoms. The largest absolute Gasteiger partial charge is 0.346 e. The van der Waals surface area contributed by atoms with Crippen LogP contribution in [0.2, 0.25) is 0 Å². The molecule has 0 radical (unpaired) electrons. The molecule has 1 fully saturated rings. The van der Waals surface area contributed by atoms with E-state index in [1.165, 1.54) is 5.01 Å². The first kappa shape index (κ1) is 15.4. The van der Waals surface area contributed by atoms with E-state index in [2.05, 4.69) is 25.3 Å². The molecule has 8 heteroatoms. The Morgan fingerprint density at radius 1 is 1.30 bits per heavy atom. The molecule has 1 N–H and O–H groups in total. The van der Waals surface area contributed by atoms with Crippen LogP contribution in [0, 0.1) is 0 Å². The quantitative estimate of drug-likeness (QED) is 0.858. The van der Waals surface area contributed by atoms with Crippen molar-refractivity contribution in [1.82, 2.24) is 20.3 Å². The first-order chi connectivity index (χ1) is 11.1. The molecule has 0 spiro atoms. The maximum atomic E-state index is 12.3. The zero-order chi connectivity index (χ0) is 16.2. The number of hydrogen-bond acceptors (Lipinski definition) is 6. The van der Waals surface area contributed by atoms with Crippen LogP contribution in [0.25, 0.3) is 0 Å². The topological polar surface area (TPSA) is 90.8 Å². The van der Waals surface area contributed by atoms with Crippen molar-refractivity contribution >= 4 is 23.5 Å². The van der Waals surface area contributed by atoms with E-state index in [9.17, 15) is 9.59 Å². The summed E-state index contributed by atoms with van der Waals surface area (Å²) in [7, 11) is 1.57. The highest BCUT2D eigenvalue weighted by atomic mass is 16.2. The molecule has 3 rings (SSSR count). The number of aromatic nitrogens is 2. The minimum Gasteiger partial charge on any atom is -0.346 e. The highest BCUT2D eigenvalue weighted by Crippen LogP contribution is 2.15. The summed E-state index contributed by atoms with van der Waals surface area (Å²) in [6, 6.07) is 1.82. The summed E-state index contributed by atoms with van der Waals surface area (Å²) >= 11 is 0. The molecule has 1 atom stereocenters. The molecule has 122 valence electrons. The lowest BCUT2D eigenvalue weighted by molar-refractivity contribution is -0.130. The Morgan fingerprint density at radius 2 is 2.09 bits per heavy atom. The lowest BCUT2D eigenvalue weighted by Gasteiger charge is -2.33. The summed E-state index contributed by atoms with van der Waals surface area (Å²) < 4.78 is 0. The molecule has 0 bridgehead atoms. The van der Waals surface area contributed by atoms with Gasteiger partial charge in [0.25, 0.3) is 5.91 Å². The molecule has 0 aliphatic carbocycles. The third-order valence-corrected chi connectivity index (χ3v) is 4.06. The van der Waals surface area contributed by atoms with E-state index in [1.807, 2.05) is 0 Å². The van der Waals surface area contributed by atoms with Crippen molar-refractivity contribution in [2.24, 2.45) is 5.10 Å². The van der Waals surface area contributed by atoms with Crippen molar-refractivity contribution in [3.8, 4) is 0 Å². The molecule has 2 aliphatic rings. The van der Waals surface area contributed by atoms with Crippen molar-refractivity contribution in [3.63, 3.8) is 0 Å². The zero-order valence-corrected chi connectivity index (χ0v) is 13.1. The number of carbonyl (C=O) groups is 2. The van der Waals surface area contributed by atoms with Crippen molar-refractivity contribution in [1.29, 1.82) is 0 Å². The Balaban J connectivity index is 1.60. The predicted molar refractivity (Wildman–Crippen MR) is 84.8 cm³/mol. The fourth-order valence-corrected chi connectivity index (χ4v) is 2.83. The molecule has 8 nitrogen and oxygen atoms in total. The molecule has 1 saturated heterocycles. The Labute approximate surface area is 134 Å². The molecule has 1 aromatic rings. The van der Waals surface area contributed by atoms with Crippen LogP contribution in [-0.4, -0.2) is 58.7 Å². The third kappa shape index (κ3) is 3.64. The maximum Gasteiger partial charge on any atom is 0.267 e. The standard InChI is InChI=1S/C15H20N6O2/c1-20-13(22)6-5-12(19-20)14(23)18-11-4-2-9-21(10-11)15-16-7-3-8-17-15/h3,7-8,11H,2,4-6,9-10H2,1H3,(H,18,23)/t11-/m0/s1. The van der Waals surface area contributed by atoms with E-state index in [0.717, 1.165) is 19.4 Å². The summed E-state index contributed by atoms with van der Waals surface area (Å²) in [5, 5.41) is 8.31. The van der Waals surface area contributed by atoms with Gasteiger partial charge >= 0.3 is 0 Å². The summed E-state index contributed by atoms with van der Waals surface area (Å²) in [6.07, 6.45) is 6.04. The lowest BCUT2D eigenvalue weighted by atomic mass is 10.0. The second-order valence-electron chi connectivity index (χ2n) is 5.77. The number of hydrogen-bond donors (Lipinski definition) is 1. The van der Waals surface area contributed by atoms with Crippen molar-refractivity contribution < 1.29 is 9.59 Å². The van der Waals surface area contributed by atoms with Gasteiger partial charge in [-0.2, -0.15) is 5.10 Å². The van der Waals surface area contributed by atoms with Crippen LogP contribution in [0.5, 0.6) is 0 Å². The van der Waals surface area contributed by atoms with Crippen LogP contribution >= 0.6 is 0 Å². The first-order valence-electron chi connectivity index (χ1n) is 7.80. The summed E-state index contributed by atoms with van der Waals surface area (Å²) in [4.78, 5) is 34.3. The monoisotopic (exact) mass is 316 g/mol. The van der Waals surface area contributed by atoms with Gasteiger partial charge in [0, 0.05) is 51.4 Å². The maximum absolute atomic E-state index is 12.3. The van der Waals surface area contributed by atoms with Crippen LogP contribution in [-0.2, 0) is 9.59 Å². The van der Waals surface area contributed by atoms with E-state index >= 15 is 0 Å². The average Bonchev–Trinajstić information content (AvgIpc) is 2.58. The molecule has 2 amide bonds. The fraction of sp³-hybridized carbons (Fsp3) is 0.533. The number of carbonyl (C=O) groups excluding carboxylic acids is 2. The van der Waals surface area contributed by atoms with Crippen LogP contribution in [0.3, 0.4) is 0 Å². The number of piperidine rings is 1. The molecular weight excluding hydrogens is 296 g/mol. The van der Waals surface area contributed by atoms with Crippen LogP contribution in [0.15, 0.2) is 23.6 Å². The SMILES string of the molecule is CN1N=C(C(=O)N[C@H]2CCCN(c3ncccn3)C2)CCC1=O. The van der Waals surface area contributed by atoms with Crippen LogP contribution in [0.4, 0.5) is 5.95 Å². The van der Waals surface area contributed by atoms with Gasteiger partial charge in [0.1, 0.15) is 5.71 Å². The van der Waals surface area contributed by atoms with E-state index in [4.69, 9.17) is 0 Å². The van der Waals surface area contributed by atoms with Gasteiger partial charge in [-0.05, 0) is 18.9 Å². The van der Waals surface area contributed by atoms with Gasteiger partial charge in [-0.15, -0.1) is 0 Å². The minimum absolute atomic E-state index is 0.0330. The van der Waals surface area contributed by atoms with Crippen molar-refractivity contribution in [2.45, 2.75) is 31.7 Å². The Hall–Kier alpha value is -2.51. The number of nitrogens with one attached hydrogen (secondary N) is 1. The van der Waals surface area contributed by atoms with Gasteiger partial charge < -0.3 is 10.2 Å². The number of amides is 2. The van der Waals surface area contributed by atoms with Gasteiger partial charge in [-0.1, -0.05) is 0 Å². The van der Waals surface area contributed by atoms with E-state index in [0.29, 0.717) is 31.0 Å². The highest BCUT2D eigenvalue weighted by Gasteiger charge is 2.27. The smallest absolute Gasteiger partial charge is 0.267 e. The van der Waals surface area contributed by atoms with Gasteiger partial charge in [0.2, 0.25) is 11.9 Å². The second kappa shape index (κ2) is 6.72. The van der Waals surface area contributed by atoms with E-state index < -0.39 is 0 Å². The zero-order valence-electron chi connectivity index (χ0n) is 13.1. The summed E-state index contributed by atoms with van der Waals surface area (Å²) in [6.45, 7) is 1.56. The van der Waals surface area contributed by atoms with Crippen molar-refractivity contribution in [2.75, 3.05) is 25.0 Å². The lowest BCUT2D eigenvalue weighted by Crippen LogP contribution is -2.50. The summed E-state index contributed by atoms with van der Waals surface area (Å²) in [5.74, 6) is 0.434. The average molecular weight is 316 g/mol. The van der Waals surface area contributed by atoms with Crippen molar-refractivity contribution in [3.05, 3.63) is 18.5 Å².